The van der Waals surface area contributed by atoms with Crippen molar-refractivity contribution in [3.05, 3.63) is 46.9 Å². The molecule has 5 rings (SSSR count). The van der Waals surface area contributed by atoms with Crippen LogP contribution in [0.3, 0.4) is 0 Å². The van der Waals surface area contributed by atoms with Crippen molar-refractivity contribution in [2.24, 2.45) is 16.0 Å². The fourth-order valence-corrected chi connectivity index (χ4v) is 5.43. The Bertz CT molecular complexity index is 912. The third-order valence-corrected chi connectivity index (χ3v) is 7.17. The van der Waals surface area contributed by atoms with Crippen LogP contribution < -0.4 is 0 Å². The normalized spacial score (nSPS) is 31.5. The van der Waals surface area contributed by atoms with Gasteiger partial charge >= 0.3 is 0 Å². The topological polar surface area (TPSA) is 57.0 Å². The summed E-state index contributed by atoms with van der Waals surface area (Å²) < 4.78 is 0. The van der Waals surface area contributed by atoms with E-state index in [9.17, 15) is 0 Å². The van der Waals surface area contributed by atoms with Gasteiger partial charge in [0, 0.05) is 41.0 Å². The van der Waals surface area contributed by atoms with E-state index in [0.717, 1.165) is 60.8 Å². The van der Waals surface area contributed by atoms with E-state index in [0.29, 0.717) is 23.9 Å². The number of aromatic nitrogens is 2. The van der Waals surface area contributed by atoms with Crippen molar-refractivity contribution in [1.29, 1.82) is 0 Å². The third kappa shape index (κ3) is 3.37. The van der Waals surface area contributed by atoms with Gasteiger partial charge in [-0.05, 0) is 58.4 Å². The molecule has 0 spiro atoms. The number of aryl methyl sites for hydroxylation is 1. The minimum atomic E-state index is 0.329. The summed E-state index contributed by atoms with van der Waals surface area (Å²) in [6, 6.07) is 0.734. The number of hydrogen-bond donors (Lipinski definition) is 0. The third-order valence-electron chi connectivity index (χ3n) is 6.88. The van der Waals surface area contributed by atoms with Gasteiger partial charge in [-0.3, -0.25) is 15.0 Å². The van der Waals surface area contributed by atoms with Crippen LogP contribution in [0.5, 0.6) is 0 Å². The van der Waals surface area contributed by atoms with Crippen LogP contribution in [-0.4, -0.2) is 44.0 Å². The van der Waals surface area contributed by atoms with Gasteiger partial charge in [0.25, 0.3) is 0 Å². The number of allylic oxidation sites excluding steroid dienone is 2. The molecule has 2 aliphatic carbocycles. The molecule has 0 bridgehead atoms. The molecule has 7 heteroatoms. The second-order valence-electron chi connectivity index (χ2n) is 8.53. The number of fused-ring (bicyclic) bond motifs is 2. The summed E-state index contributed by atoms with van der Waals surface area (Å²) in [4.78, 5) is 16.1. The maximum absolute atomic E-state index is 6.28. The maximum atomic E-state index is 6.28. The van der Waals surface area contributed by atoms with E-state index in [2.05, 4.69) is 39.8 Å². The summed E-state index contributed by atoms with van der Waals surface area (Å²) in [5.41, 5.74) is 3.33. The lowest BCUT2D eigenvalue weighted by atomic mass is 9.83. The molecule has 4 aliphatic rings. The van der Waals surface area contributed by atoms with Crippen LogP contribution in [0.4, 0.5) is 0 Å². The van der Waals surface area contributed by atoms with Crippen LogP contribution >= 0.6 is 11.6 Å². The molecule has 1 saturated carbocycles. The number of nitrogens with zero attached hydrogens (tertiary/aromatic N) is 6. The predicted octanol–water partition coefficient (Wildman–Crippen LogP) is 4.55. The molecule has 0 saturated heterocycles. The summed E-state index contributed by atoms with van der Waals surface area (Å²) >= 11 is 6.28. The van der Waals surface area contributed by atoms with E-state index in [-0.39, 0.29) is 0 Å². The molecule has 29 heavy (non-hydrogen) atoms. The van der Waals surface area contributed by atoms with E-state index in [1.807, 2.05) is 18.7 Å². The molecule has 0 amide bonds. The highest BCUT2D eigenvalue weighted by molar-refractivity contribution is 6.31. The van der Waals surface area contributed by atoms with Gasteiger partial charge in [-0.1, -0.05) is 11.6 Å². The largest absolute Gasteiger partial charge is 0.311 e. The number of hydrazone groups is 1. The molecule has 2 atom stereocenters. The molecular weight excluding hydrogens is 384 g/mol. The van der Waals surface area contributed by atoms with E-state index >= 15 is 0 Å². The van der Waals surface area contributed by atoms with Crippen molar-refractivity contribution in [3.8, 4) is 0 Å². The first-order valence-electron chi connectivity index (χ1n) is 10.6. The Hall–Kier alpha value is -2.21. The van der Waals surface area contributed by atoms with Gasteiger partial charge in [-0.2, -0.15) is 5.10 Å². The van der Waals surface area contributed by atoms with Crippen molar-refractivity contribution in [1.82, 2.24) is 19.9 Å². The Morgan fingerprint density at radius 1 is 1.07 bits per heavy atom. The minimum Gasteiger partial charge on any atom is -0.311 e. The van der Waals surface area contributed by atoms with E-state index in [4.69, 9.17) is 21.7 Å². The highest BCUT2D eigenvalue weighted by Crippen LogP contribution is 2.39. The highest BCUT2D eigenvalue weighted by Gasteiger charge is 2.39. The van der Waals surface area contributed by atoms with E-state index in [1.165, 1.54) is 5.69 Å². The van der Waals surface area contributed by atoms with E-state index in [1.54, 1.807) is 6.20 Å². The number of halogens is 1. The lowest BCUT2D eigenvalue weighted by Gasteiger charge is -2.36. The number of aliphatic imine (C=N–C) groups is 1. The van der Waals surface area contributed by atoms with Gasteiger partial charge in [0.15, 0.2) is 0 Å². The fourth-order valence-electron chi connectivity index (χ4n) is 5.21. The first-order chi connectivity index (χ1) is 14.1. The molecule has 2 unspecified atom stereocenters. The maximum Gasteiger partial charge on any atom is 0.149 e. The molecule has 1 aromatic rings. The monoisotopic (exact) mass is 410 g/mol. The summed E-state index contributed by atoms with van der Waals surface area (Å²) in [6.07, 6.45) is 16.1. The Labute approximate surface area is 177 Å². The predicted molar refractivity (Wildman–Crippen MR) is 116 cm³/mol. The zero-order valence-electron chi connectivity index (χ0n) is 17.0. The van der Waals surface area contributed by atoms with Crippen LogP contribution in [0, 0.1) is 12.8 Å². The van der Waals surface area contributed by atoms with Crippen LogP contribution in [0.15, 0.2) is 45.6 Å². The lowest BCUT2D eigenvalue weighted by molar-refractivity contribution is 0.169. The smallest absolute Gasteiger partial charge is 0.149 e. The lowest BCUT2D eigenvalue weighted by Crippen LogP contribution is -2.41. The number of rotatable bonds is 2. The van der Waals surface area contributed by atoms with Gasteiger partial charge < -0.3 is 4.90 Å². The standard InChI is InChI=1S/C22H27ClN6/c1-14-22(25-10-9-24-14)16-3-6-18(7-4-16)29-21-12-26-20-11-17(23)5-8-19(20)15(2)28(21)13-27-29/h9-13,15-16,18-19H,3-8H2,1-2H3. The summed E-state index contributed by atoms with van der Waals surface area (Å²) in [6.45, 7) is 4.34. The van der Waals surface area contributed by atoms with E-state index < -0.39 is 0 Å². The van der Waals surface area contributed by atoms with Gasteiger partial charge in [0.05, 0.1) is 23.6 Å². The molecule has 0 aromatic carbocycles. The van der Waals surface area contributed by atoms with Gasteiger partial charge in [-0.25, -0.2) is 5.01 Å². The molecule has 1 fully saturated rings. The van der Waals surface area contributed by atoms with Gasteiger partial charge in [-0.15, -0.1) is 0 Å². The van der Waals surface area contributed by atoms with Gasteiger partial charge in [0.1, 0.15) is 12.2 Å². The molecular formula is C22H27ClN6. The van der Waals surface area contributed by atoms with Crippen LogP contribution in [0.25, 0.3) is 0 Å². The molecule has 0 radical (unpaired) electrons. The Balaban J connectivity index is 1.33. The molecule has 3 heterocycles. The van der Waals surface area contributed by atoms with Crippen LogP contribution in [0.2, 0.25) is 0 Å². The van der Waals surface area contributed by atoms with Crippen molar-refractivity contribution in [2.45, 2.75) is 70.4 Å². The van der Waals surface area contributed by atoms with Crippen molar-refractivity contribution in [3.63, 3.8) is 0 Å². The summed E-state index contributed by atoms with van der Waals surface area (Å²) in [5.74, 6) is 2.00. The Kier molecular flexibility index (Phi) is 4.90. The molecule has 6 nitrogen and oxygen atoms in total. The molecule has 2 aliphatic heterocycles. The fraction of sp³-hybridized carbons (Fsp3) is 0.545. The Morgan fingerprint density at radius 2 is 1.86 bits per heavy atom. The zero-order chi connectivity index (χ0) is 20.0. The van der Waals surface area contributed by atoms with Crippen LogP contribution in [-0.2, 0) is 0 Å². The average molecular weight is 411 g/mol. The Morgan fingerprint density at radius 3 is 2.66 bits per heavy atom. The minimum absolute atomic E-state index is 0.329. The number of hydrogen-bond acceptors (Lipinski definition) is 6. The first kappa shape index (κ1) is 18.8. The second-order valence-corrected chi connectivity index (χ2v) is 9.02. The summed E-state index contributed by atoms with van der Waals surface area (Å²) in [5, 5.41) is 7.90. The highest BCUT2D eigenvalue weighted by atomic mass is 35.5. The van der Waals surface area contributed by atoms with Gasteiger partial charge in [0.2, 0.25) is 0 Å². The quantitative estimate of drug-likeness (QED) is 0.717. The van der Waals surface area contributed by atoms with Crippen molar-refractivity contribution < 1.29 is 0 Å². The molecule has 1 aromatic heterocycles. The van der Waals surface area contributed by atoms with Crippen LogP contribution in [0.1, 0.15) is 62.8 Å². The summed E-state index contributed by atoms with van der Waals surface area (Å²) in [7, 11) is 0. The van der Waals surface area contributed by atoms with Crippen molar-refractivity contribution >= 4 is 23.7 Å². The first-order valence-corrected chi connectivity index (χ1v) is 11.0. The van der Waals surface area contributed by atoms with Crippen molar-refractivity contribution in [2.75, 3.05) is 0 Å². The average Bonchev–Trinajstić information content (AvgIpc) is 3.11. The second kappa shape index (κ2) is 7.56. The molecule has 0 N–H and O–H groups in total. The zero-order valence-corrected chi connectivity index (χ0v) is 17.8. The SMILES string of the molecule is Cc1nccnc1C1CCC(N2N=CN3C2=CN=C2C=C(Cl)CCC2C3C)CC1. The molecule has 152 valence electrons.